The third-order valence-corrected chi connectivity index (χ3v) is 3.06. The van der Waals surface area contributed by atoms with Crippen molar-refractivity contribution in [1.82, 2.24) is 0 Å². The predicted molar refractivity (Wildman–Crippen MR) is 74.7 cm³/mol. The number of nitrogens with zero attached hydrogens (tertiary/aromatic N) is 1. The van der Waals surface area contributed by atoms with E-state index in [-0.39, 0.29) is 0 Å². The van der Waals surface area contributed by atoms with Crippen LogP contribution in [0, 0.1) is 10.1 Å². The van der Waals surface area contributed by atoms with Gasteiger partial charge in [0.1, 0.15) is 4.33 Å². The summed E-state index contributed by atoms with van der Waals surface area (Å²) in [6.07, 6.45) is 3.83. The van der Waals surface area contributed by atoms with E-state index < -0.39 is 4.33 Å². The Kier molecular flexibility index (Phi) is 4.15. The Morgan fingerprint density at radius 3 is 2.33 bits per heavy atom. The van der Waals surface area contributed by atoms with Gasteiger partial charge in [-0.25, -0.2) is 0 Å². The molecule has 2 aromatic carbocycles. The Hall–Kier alpha value is -2.07. The lowest BCUT2D eigenvalue weighted by molar-refractivity contribution is -0.284. The molecule has 90 valence electrons. The van der Waals surface area contributed by atoms with Crippen molar-refractivity contribution in [1.29, 1.82) is 0 Å². The molecule has 0 spiro atoms. The van der Waals surface area contributed by atoms with Crippen LogP contribution in [0.5, 0.6) is 0 Å². The molecule has 0 aliphatic heterocycles. The molecule has 0 unspecified atom stereocenters. The topological polar surface area (TPSA) is 43.1 Å². The number of rotatable bonds is 4. The van der Waals surface area contributed by atoms with Gasteiger partial charge in [-0.05, 0) is 17.2 Å². The maximum atomic E-state index is 10.5. The van der Waals surface area contributed by atoms with Crippen LogP contribution in [-0.4, -0.2) is 4.33 Å². The highest BCUT2D eigenvalue weighted by Crippen LogP contribution is 2.24. The highest BCUT2D eigenvalue weighted by atomic mass is 32.2. The first kappa shape index (κ1) is 12.4. The molecule has 0 aliphatic carbocycles. The summed E-state index contributed by atoms with van der Waals surface area (Å²) in [5.41, 5.74) is 1.92. The minimum Gasteiger partial charge on any atom is -0.250 e. The highest BCUT2D eigenvalue weighted by Gasteiger charge is 2.08. The van der Waals surface area contributed by atoms with Crippen LogP contribution in [0.3, 0.4) is 0 Å². The third-order valence-electron chi connectivity index (χ3n) is 2.35. The normalized spacial score (nSPS) is 10.7. The van der Waals surface area contributed by atoms with Gasteiger partial charge in [0.25, 0.3) is 11.9 Å². The van der Waals surface area contributed by atoms with Crippen LogP contribution in [-0.2, 0) is 0 Å². The Bertz CT molecular complexity index is 567. The summed E-state index contributed by atoms with van der Waals surface area (Å²) < 4.78 is -0.394. The van der Waals surface area contributed by atoms with Gasteiger partial charge in [-0.2, -0.15) is 0 Å². The predicted octanol–water partition coefficient (Wildman–Crippen LogP) is 4.14. The average molecular weight is 257 g/mol. The van der Waals surface area contributed by atoms with Crippen LogP contribution in [0.4, 0.5) is 0 Å². The Morgan fingerprint density at radius 2 is 1.61 bits per heavy atom. The summed E-state index contributed by atoms with van der Waals surface area (Å²) in [5, 5.41) is 10.5. The fraction of sp³-hybridized carbons (Fsp3) is 0. The summed E-state index contributed by atoms with van der Waals surface area (Å²) >= 11 is 0.631. The molecule has 0 N–H and O–H groups in total. The van der Waals surface area contributed by atoms with E-state index in [2.05, 4.69) is 0 Å². The number of benzene rings is 2. The van der Waals surface area contributed by atoms with Crippen LogP contribution < -0.4 is 0 Å². The monoisotopic (exact) mass is 257 g/mol. The zero-order chi connectivity index (χ0) is 12.8. The SMILES string of the molecule is O=[N+]([O-])Sc1ccccc1C=Cc1ccccc1. The molecule has 0 amide bonds. The van der Waals surface area contributed by atoms with Gasteiger partial charge in [0.05, 0.1) is 4.90 Å². The van der Waals surface area contributed by atoms with E-state index in [0.717, 1.165) is 11.1 Å². The number of nitro groups is 1. The minimum atomic E-state index is -0.394. The first-order chi connectivity index (χ1) is 8.75. The van der Waals surface area contributed by atoms with E-state index in [4.69, 9.17) is 0 Å². The van der Waals surface area contributed by atoms with Crippen molar-refractivity contribution in [3.8, 4) is 0 Å². The van der Waals surface area contributed by atoms with Gasteiger partial charge < -0.3 is 0 Å². The first-order valence-corrected chi connectivity index (χ1v) is 6.17. The number of hydrogen-bond donors (Lipinski definition) is 0. The molecule has 0 aliphatic rings. The largest absolute Gasteiger partial charge is 0.266 e. The van der Waals surface area contributed by atoms with Gasteiger partial charge in [0.2, 0.25) is 0 Å². The second-order valence-corrected chi connectivity index (χ2v) is 4.52. The van der Waals surface area contributed by atoms with Gasteiger partial charge in [0, 0.05) is 0 Å². The Balaban J connectivity index is 2.23. The van der Waals surface area contributed by atoms with Crippen molar-refractivity contribution in [2.45, 2.75) is 4.90 Å². The number of hydrogen-bond acceptors (Lipinski definition) is 3. The molecule has 0 radical (unpaired) electrons. The van der Waals surface area contributed by atoms with Gasteiger partial charge in [-0.3, -0.25) is 10.1 Å². The van der Waals surface area contributed by atoms with Crippen molar-refractivity contribution in [3.63, 3.8) is 0 Å². The molecule has 18 heavy (non-hydrogen) atoms. The molecule has 2 rings (SSSR count). The van der Waals surface area contributed by atoms with E-state index in [1.807, 2.05) is 54.6 Å². The van der Waals surface area contributed by atoms with Gasteiger partial charge in [-0.15, -0.1) is 0 Å². The molecule has 3 nitrogen and oxygen atoms in total. The quantitative estimate of drug-likeness (QED) is 0.358. The average Bonchev–Trinajstić information content (AvgIpc) is 2.38. The van der Waals surface area contributed by atoms with Crippen LogP contribution in [0.25, 0.3) is 12.2 Å². The van der Waals surface area contributed by atoms with E-state index in [0.29, 0.717) is 16.8 Å². The molecule has 0 bridgehead atoms. The van der Waals surface area contributed by atoms with Crippen LogP contribution in [0.15, 0.2) is 59.5 Å². The van der Waals surface area contributed by atoms with Crippen LogP contribution in [0.2, 0.25) is 0 Å². The van der Waals surface area contributed by atoms with Crippen LogP contribution >= 0.6 is 11.9 Å². The first-order valence-electron chi connectivity index (χ1n) is 5.40. The maximum absolute atomic E-state index is 10.5. The lowest BCUT2D eigenvalue weighted by Gasteiger charge is -1.98. The zero-order valence-corrected chi connectivity index (χ0v) is 10.3. The summed E-state index contributed by atoms with van der Waals surface area (Å²) in [6, 6.07) is 17.1. The second-order valence-electron chi connectivity index (χ2n) is 3.60. The summed E-state index contributed by atoms with van der Waals surface area (Å²) in [5.74, 6) is 0. The van der Waals surface area contributed by atoms with Gasteiger partial charge >= 0.3 is 0 Å². The lowest BCUT2D eigenvalue weighted by atomic mass is 10.1. The van der Waals surface area contributed by atoms with Crippen molar-refractivity contribution in [2.24, 2.45) is 0 Å². The summed E-state index contributed by atoms with van der Waals surface area (Å²) in [7, 11) is 0. The van der Waals surface area contributed by atoms with Crippen molar-refractivity contribution >= 4 is 24.1 Å². The fourth-order valence-corrected chi connectivity index (χ4v) is 2.07. The molecule has 0 fully saturated rings. The second kappa shape index (κ2) is 6.02. The van der Waals surface area contributed by atoms with Crippen molar-refractivity contribution < 1.29 is 4.33 Å². The Morgan fingerprint density at radius 1 is 0.944 bits per heavy atom. The van der Waals surface area contributed by atoms with E-state index in [9.17, 15) is 10.1 Å². The standard InChI is InChI=1S/C14H11NO2S/c16-15(17)18-14-9-5-4-8-13(14)11-10-12-6-2-1-3-7-12/h1-11H. The highest BCUT2D eigenvalue weighted by molar-refractivity contribution is 7.93. The molecule has 2 aromatic rings. The van der Waals surface area contributed by atoms with Gasteiger partial charge in [-0.1, -0.05) is 60.7 Å². The van der Waals surface area contributed by atoms with E-state index in [1.165, 1.54) is 0 Å². The molecular formula is C14H11NO2S. The summed E-state index contributed by atoms with van der Waals surface area (Å²) in [6.45, 7) is 0. The lowest BCUT2D eigenvalue weighted by Crippen LogP contribution is -1.86. The van der Waals surface area contributed by atoms with Gasteiger partial charge in [0.15, 0.2) is 0 Å². The summed E-state index contributed by atoms with van der Waals surface area (Å²) in [4.78, 5) is 11.2. The molecule has 0 aromatic heterocycles. The third kappa shape index (κ3) is 3.46. The van der Waals surface area contributed by atoms with E-state index >= 15 is 0 Å². The van der Waals surface area contributed by atoms with E-state index in [1.54, 1.807) is 12.1 Å². The fourth-order valence-electron chi connectivity index (χ4n) is 1.53. The molecule has 0 saturated carbocycles. The van der Waals surface area contributed by atoms with Crippen LogP contribution in [0.1, 0.15) is 11.1 Å². The smallest absolute Gasteiger partial charge is 0.250 e. The minimum absolute atomic E-state index is 0.394. The molecular weight excluding hydrogens is 246 g/mol. The zero-order valence-electron chi connectivity index (χ0n) is 9.52. The Labute approximate surface area is 109 Å². The molecule has 4 heteroatoms. The van der Waals surface area contributed by atoms with Crippen molar-refractivity contribution in [2.75, 3.05) is 0 Å². The molecule has 0 saturated heterocycles. The maximum Gasteiger partial charge on any atom is 0.266 e. The van der Waals surface area contributed by atoms with Crippen molar-refractivity contribution in [3.05, 3.63) is 75.8 Å². The molecule has 0 heterocycles. The molecule has 0 atom stereocenters.